The molecule has 0 aromatic carbocycles. The molecule has 26 heavy (non-hydrogen) atoms. The van der Waals surface area contributed by atoms with Crippen LogP contribution in [0.1, 0.15) is 55.5 Å². The lowest BCUT2D eigenvalue weighted by atomic mass is 9.96. The van der Waals surface area contributed by atoms with Gasteiger partial charge in [-0.25, -0.2) is 0 Å². The third kappa shape index (κ3) is 4.95. The maximum absolute atomic E-state index is 12.3. The van der Waals surface area contributed by atoms with Gasteiger partial charge < -0.3 is 15.2 Å². The van der Waals surface area contributed by atoms with Crippen molar-refractivity contribution in [3.05, 3.63) is 32.7 Å². The first-order valence-electron chi connectivity index (χ1n) is 9.46. The molecule has 2 heterocycles. The molecule has 1 aromatic heterocycles. The highest BCUT2D eigenvalue weighted by atomic mass is 16.1. The molecule has 2 rings (SSSR count). The largest absolute Gasteiger partial charge is 0.356 e. The Morgan fingerprint density at radius 3 is 2.81 bits per heavy atom. The summed E-state index contributed by atoms with van der Waals surface area (Å²) < 4.78 is 0. The number of hydrogen-bond acceptors (Lipinski definition) is 4. The lowest BCUT2D eigenvalue weighted by Gasteiger charge is -2.35. The number of aromatic nitrogens is 1. The molecule has 0 radical (unpaired) electrons. The van der Waals surface area contributed by atoms with Gasteiger partial charge in [-0.3, -0.25) is 9.59 Å². The van der Waals surface area contributed by atoms with Crippen molar-refractivity contribution in [3.8, 4) is 6.07 Å². The Morgan fingerprint density at radius 1 is 1.42 bits per heavy atom. The number of nitrogens with one attached hydrogen (secondary N) is 2. The van der Waals surface area contributed by atoms with Gasteiger partial charge in [-0.05, 0) is 70.5 Å². The summed E-state index contributed by atoms with van der Waals surface area (Å²) in [5, 5.41) is 12.2. The second-order valence-corrected chi connectivity index (χ2v) is 7.57. The van der Waals surface area contributed by atoms with E-state index in [-0.39, 0.29) is 17.0 Å². The minimum absolute atomic E-state index is 0.0233. The molecule has 1 amide bonds. The van der Waals surface area contributed by atoms with Gasteiger partial charge in [0, 0.05) is 31.2 Å². The molecule has 0 aliphatic carbocycles. The molecule has 1 fully saturated rings. The highest BCUT2D eigenvalue weighted by Gasteiger charge is 2.22. The van der Waals surface area contributed by atoms with Crippen LogP contribution in [0.5, 0.6) is 0 Å². The number of piperidine rings is 1. The average molecular weight is 358 g/mol. The molecule has 0 spiro atoms. The Bertz CT molecular complexity index is 745. The van der Waals surface area contributed by atoms with E-state index in [4.69, 9.17) is 5.26 Å². The number of carbonyl (C=O) groups is 1. The van der Waals surface area contributed by atoms with Gasteiger partial charge in [-0.2, -0.15) is 5.26 Å². The number of pyridine rings is 1. The predicted molar refractivity (Wildman–Crippen MR) is 102 cm³/mol. The smallest absolute Gasteiger partial charge is 0.266 e. The molecule has 142 valence electrons. The minimum atomic E-state index is -0.359. The highest BCUT2D eigenvalue weighted by Crippen LogP contribution is 2.18. The summed E-state index contributed by atoms with van der Waals surface area (Å²) in [6.45, 7) is 10.9. The number of aromatic amines is 1. The number of H-pyrrole nitrogens is 1. The first-order chi connectivity index (χ1) is 12.3. The number of amides is 1. The van der Waals surface area contributed by atoms with Crippen LogP contribution in [0.15, 0.2) is 4.79 Å². The molecule has 1 aliphatic rings. The number of likely N-dealkylation sites (tertiary alicyclic amines) is 1. The van der Waals surface area contributed by atoms with E-state index in [9.17, 15) is 9.59 Å². The molecule has 1 atom stereocenters. The molecule has 0 saturated carbocycles. The summed E-state index contributed by atoms with van der Waals surface area (Å²) in [6, 6.07) is 2.50. The summed E-state index contributed by atoms with van der Waals surface area (Å²) in [6.07, 6.45) is 3.23. The minimum Gasteiger partial charge on any atom is -0.356 e. The van der Waals surface area contributed by atoms with Gasteiger partial charge in [0.15, 0.2) is 0 Å². The van der Waals surface area contributed by atoms with E-state index in [1.807, 2.05) is 13.0 Å². The van der Waals surface area contributed by atoms with Crippen LogP contribution in [-0.4, -0.2) is 41.5 Å². The van der Waals surface area contributed by atoms with Crippen LogP contribution in [-0.2, 0) is 11.2 Å². The fraction of sp³-hybridized carbons (Fsp3) is 0.650. The topological polar surface area (TPSA) is 89.0 Å². The zero-order chi connectivity index (χ0) is 19.3. The Morgan fingerprint density at radius 2 is 2.15 bits per heavy atom. The second kappa shape index (κ2) is 9.00. The average Bonchev–Trinajstić information content (AvgIpc) is 2.60. The van der Waals surface area contributed by atoms with Gasteiger partial charge in [0.25, 0.3) is 5.56 Å². The van der Waals surface area contributed by atoms with Crippen molar-refractivity contribution >= 4 is 5.91 Å². The number of hydrogen-bond donors (Lipinski definition) is 2. The third-order valence-electron chi connectivity index (χ3n) is 5.39. The van der Waals surface area contributed by atoms with Crippen molar-refractivity contribution in [2.75, 3.05) is 19.6 Å². The summed E-state index contributed by atoms with van der Waals surface area (Å²) in [5.74, 6) is 0.534. The Labute approximate surface area is 155 Å². The Kier molecular flexibility index (Phi) is 6.98. The molecule has 6 nitrogen and oxygen atoms in total. The van der Waals surface area contributed by atoms with Gasteiger partial charge in [0.1, 0.15) is 11.6 Å². The summed E-state index contributed by atoms with van der Waals surface area (Å²) in [7, 11) is 0. The van der Waals surface area contributed by atoms with Crippen molar-refractivity contribution in [2.24, 2.45) is 5.92 Å². The molecule has 2 N–H and O–H groups in total. The van der Waals surface area contributed by atoms with Crippen LogP contribution in [0.2, 0.25) is 0 Å². The van der Waals surface area contributed by atoms with Crippen LogP contribution in [0.25, 0.3) is 0 Å². The van der Waals surface area contributed by atoms with E-state index in [2.05, 4.69) is 29.0 Å². The van der Waals surface area contributed by atoms with Gasteiger partial charge >= 0.3 is 0 Å². The van der Waals surface area contributed by atoms with Gasteiger partial charge in [0.2, 0.25) is 5.91 Å². The quantitative estimate of drug-likeness (QED) is 0.814. The monoisotopic (exact) mass is 358 g/mol. The number of nitrogens with zero attached hydrogens (tertiary/aromatic N) is 2. The van der Waals surface area contributed by atoms with Crippen LogP contribution in [0.3, 0.4) is 0 Å². The number of aryl methyl sites for hydroxylation is 1. The van der Waals surface area contributed by atoms with Crippen molar-refractivity contribution < 1.29 is 4.79 Å². The molecule has 1 aliphatic heterocycles. The zero-order valence-electron chi connectivity index (χ0n) is 16.3. The second-order valence-electron chi connectivity index (χ2n) is 7.57. The Balaban J connectivity index is 1.88. The fourth-order valence-corrected chi connectivity index (χ4v) is 3.74. The van der Waals surface area contributed by atoms with Crippen molar-refractivity contribution in [3.63, 3.8) is 0 Å². The van der Waals surface area contributed by atoms with Crippen LogP contribution < -0.4 is 10.9 Å². The Hall–Kier alpha value is -2.13. The fourth-order valence-electron chi connectivity index (χ4n) is 3.74. The molecule has 6 heteroatoms. The first-order valence-corrected chi connectivity index (χ1v) is 9.46. The van der Waals surface area contributed by atoms with E-state index in [1.54, 1.807) is 6.92 Å². The van der Waals surface area contributed by atoms with Gasteiger partial charge in [0.05, 0.1) is 0 Å². The van der Waals surface area contributed by atoms with E-state index < -0.39 is 0 Å². The van der Waals surface area contributed by atoms with Crippen molar-refractivity contribution in [1.82, 2.24) is 15.2 Å². The molecular weight excluding hydrogens is 328 g/mol. The van der Waals surface area contributed by atoms with Crippen molar-refractivity contribution in [1.29, 1.82) is 5.26 Å². The predicted octanol–water partition coefficient (Wildman–Crippen LogP) is 2.03. The van der Waals surface area contributed by atoms with Gasteiger partial charge in [-0.15, -0.1) is 0 Å². The summed E-state index contributed by atoms with van der Waals surface area (Å²) >= 11 is 0. The molecular formula is C20H30N4O2. The van der Waals surface area contributed by atoms with Crippen LogP contribution in [0, 0.1) is 31.1 Å². The molecule has 0 bridgehead atoms. The summed E-state index contributed by atoms with van der Waals surface area (Å²) in [5.41, 5.74) is 2.09. The lowest BCUT2D eigenvalue weighted by molar-refractivity contribution is -0.121. The van der Waals surface area contributed by atoms with E-state index in [1.165, 1.54) is 6.42 Å². The normalized spacial score (nSPS) is 17.9. The maximum atomic E-state index is 12.3. The number of nitriles is 1. The van der Waals surface area contributed by atoms with Gasteiger partial charge in [-0.1, -0.05) is 0 Å². The number of carbonyl (C=O) groups excluding carboxylic acids is 1. The zero-order valence-corrected chi connectivity index (χ0v) is 16.3. The molecule has 1 unspecified atom stereocenters. The standard InChI is InChI=1S/C20H30N4O2/c1-13(2)24-9-5-6-16(12-24)11-22-19(25)8-7-17-14(3)18(10-21)20(26)23-15(17)4/h13,16H,5-9,11-12H2,1-4H3,(H,22,25)(H,23,26). The SMILES string of the molecule is Cc1[nH]c(=O)c(C#N)c(C)c1CCC(=O)NCC1CCCN(C(C)C)C1. The first kappa shape index (κ1) is 20.2. The van der Waals surface area contributed by atoms with E-state index in [0.717, 1.165) is 37.3 Å². The molecule has 1 aromatic rings. The summed E-state index contributed by atoms with van der Waals surface area (Å²) in [4.78, 5) is 29.2. The van der Waals surface area contributed by atoms with E-state index >= 15 is 0 Å². The number of rotatable bonds is 6. The maximum Gasteiger partial charge on any atom is 0.266 e. The van der Waals surface area contributed by atoms with E-state index in [0.29, 0.717) is 30.4 Å². The van der Waals surface area contributed by atoms with Crippen molar-refractivity contribution in [2.45, 2.75) is 59.4 Å². The molecule has 1 saturated heterocycles. The highest BCUT2D eigenvalue weighted by molar-refractivity contribution is 5.76. The van der Waals surface area contributed by atoms with Crippen LogP contribution in [0.4, 0.5) is 0 Å². The van der Waals surface area contributed by atoms with Crippen LogP contribution >= 0.6 is 0 Å². The lowest BCUT2D eigenvalue weighted by Crippen LogP contribution is -2.43. The third-order valence-corrected chi connectivity index (χ3v) is 5.39.